The van der Waals surface area contributed by atoms with Crippen LogP contribution in [0.4, 0.5) is 0 Å². The van der Waals surface area contributed by atoms with Gasteiger partial charge in [-0.2, -0.15) is 0 Å². The first kappa shape index (κ1) is 32.9. The Morgan fingerprint density at radius 3 is 1.54 bits per heavy atom. The Labute approximate surface area is 327 Å². The molecular formula is C52H40BNO2. The summed E-state index contributed by atoms with van der Waals surface area (Å²) in [4.78, 5) is 0. The Morgan fingerprint density at radius 2 is 0.964 bits per heavy atom. The molecule has 0 radical (unpaired) electrons. The number of aryl methyl sites for hydroxylation is 6. The molecule has 0 spiro atoms. The fourth-order valence-electron chi connectivity index (χ4n) is 10.2. The van der Waals surface area contributed by atoms with E-state index in [1.54, 1.807) is 0 Å². The van der Waals surface area contributed by atoms with Gasteiger partial charge in [0.25, 0.3) is 6.71 Å². The molecule has 3 heterocycles. The van der Waals surface area contributed by atoms with E-state index in [9.17, 15) is 0 Å². The monoisotopic (exact) mass is 721 g/mol. The minimum absolute atomic E-state index is 0.0489. The molecule has 0 saturated heterocycles. The van der Waals surface area contributed by atoms with Crippen LogP contribution in [-0.2, 0) is 0 Å². The molecule has 0 saturated carbocycles. The molecule has 4 heteroatoms. The second-order valence-electron chi connectivity index (χ2n) is 16.1. The number of para-hydroxylation sites is 1. The molecule has 0 fully saturated rings. The van der Waals surface area contributed by atoms with Crippen LogP contribution in [-0.4, -0.2) is 11.3 Å². The van der Waals surface area contributed by atoms with Crippen molar-refractivity contribution in [3.05, 3.63) is 167 Å². The van der Waals surface area contributed by atoms with E-state index >= 15 is 0 Å². The van der Waals surface area contributed by atoms with Crippen LogP contribution in [0.1, 0.15) is 33.4 Å². The summed E-state index contributed by atoms with van der Waals surface area (Å²) in [6.07, 6.45) is 0. The van der Waals surface area contributed by atoms with Crippen LogP contribution in [0.2, 0.25) is 0 Å². The number of ether oxygens (including phenoxy) is 2. The lowest BCUT2D eigenvalue weighted by molar-refractivity contribution is 0.464. The highest BCUT2D eigenvalue weighted by molar-refractivity contribution is 6.98. The first-order chi connectivity index (χ1) is 27.2. The van der Waals surface area contributed by atoms with Gasteiger partial charge in [0, 0.05) is 28.4 Å². The molecule has 9 aromatic rings. The molecule has 2 aliphatic heterocycles. The van der Waals surface area contributed by atoms with Crippen LogP contribution in [0.25, 0.3) is 60.5 Å². The van der Waals surface area contributed by atoms with Gasteiger partial charge >= 0.3 is 0 Å². The van der Waals surface area contributed by atoms with E-state index in [-0.39, 0.29) is 6.71 Å². The lowest BCUT2D eigenvalue weighted by Gasteiger charge is -2.34. The molecule has 0 N–H and O–H groups in total. The van der Waals surface area contributed by atoms with Crippen molar-refractivity contribution in [1.29, 1.82) is 0 Å². The van der Waals surface area contributed by atoms with Crippen LogP contribution in [0.15, 0.2) is 133 Å². The predicted octanol–water partition coefficient (Wildman–Crippen LogP) is 11.8. The number of nitrogens with zero attached hydrogens (tertiary/aromatic N) is 1. The summed E-state index contributed by atoms with van der Waals surface area (Å²) >= 11 is 0. The van der Waals surface area contributed by atoms with E-state index < -0.39 is 0 Å². The molecule has 0 atom stereocenters. The van der Waals surface area contributed by atoms with E-state index in [0.717, 1.165) is 56.1 Å². The Bertz CT molecular complexity index is 2990. The van der Waals surface area contributed by atoms with E-state index in [1.165, 1.54) is 77.2 Å². The first-order valence-electron chi connectivity index (χ1n) is 19.6. The summed E-state index contributed by atoms with van der Waals surface area (Å²) in [5.41, 5.74) is 19.2. The SMILES string of the molecule is Cc1cc(C)c(-c2ccc3c(c2)Oc2cc(-n4c5ccccc5c5c6ccccc6ccc54)cc4c2B3c2ccc(-c3c(C)cc(C)cc3C)cc2O4)c(C)c1. The van der Waals surface area contributed by atoms with Crippen molar-refractivity contribution < 1.29 is 9.47 Å². The summed E-state index contributed by atoms with van der Waals surface area (Å²) in [7, 11) is 0. The number of hydrogen-bond acceptors (Lipinski definition) is 2. The van der Waals surface area contributed by atoms with Gasteiger partial charge in [-0.25, -0.2) is 0 Å². The quantitative estimate of drug-likeness (QED) is 0.170. The summed E-state index contributed by atoms with van der Waals surface area (Å²) in [5, 5.41) is 4.96. The zero-order valence-corrected chi connectivity index (χ0v) is 32.5. The van der Waals surface area contributed by atoms with Crippen molar-refractivity contribution in [1.82, 2.24) is 4.57 Å². The number of hydrogen-bond donors (Lipinski definition) is 0. The van der Waals surface area contributed by atoms with Gasteiger partial charge in [-0.1, -0.05) is 108 Å². The van der Waals surface area contributed by atoms with Crippen LogP contribution in [0.3, 0.4) is 0 Å². The Balaban J connectivity index is 1.16. The fourth-order valence-corrected chi connectivity index (χ4v) is 10.2. The number of fused-ring (bicyclic) bond motifs is 9. The summed E-state index contributed by atoms with van der Waals surface area (Å²) < 4.78 is 16.5. The maximum absolute atomic E-state index is 7.08. The molecule has 0 unspecified atom stereocenters. The molecular weight excluding hydrogens is 681 g/mol. The van der Waals surface area contributed by atoms with E-state index in [0.29, 0.717) is 0 Å². The Morgan fingerprint density at radius 1 is 0.446 bits per heavy atom. The van der Waals surface area contributed by atoms with E-state index in [1.807, 2.05) is 0 Å². The normalized spacial score (nSPS) is 12.7. The zero-order valence-electron chi connectivity index (χ0n) is 32.5. The van der Waals surface area contributed by atoms with Crippen molar-refractivity contribution in [2.75, 3.05) is 0 Å². The van der Waals surface area contributed by atoms with Crippen molar-refractivity contribution in [2.24, 2.45) is 0 Å². The van der Waals surface area contributed by atoms with Crippen molar-refractivity contribution in [3.8, 4) is 50.9 Å². The lowest BCUT2D eigenvalue weighted by Crippen LogP contribution is -2.57. The molecule has 2 aliphatic rings. The van der Waals surface area contributed by atoms with Gasteiger partial charge in [0.15, 0.2) is 0 Å². The third-order valence-corrected chi connectivity index (χ3v) is 12.2. The molecule has 56 heavy (non-hydrogen) atoms. The molecule has 0 amide bonds. The van der Waals surface area contributed by atoms with Gasteiger partial charge in [-0.3, -0.25) is 0 Å². The molecule has 0 bridgehead atoms. The fraction of sp³-hybridized carbons (Fsp3) is 0.115. The molecule has 268 valence electrons. The second-order valence-corrected chi connectivity index (χ2v) is 16.1. The largest absolute Gasteiger partial charge is 0.458 e. The minimum atomic E-state index is -0.0489. The molecule has 8 aromatic carbocycles. The molecule has 3 nitrogen and oxygen atoms in total. The van der Waals surface area contributed by atoms with E-state index in [4.69, 9.17) is 9.47 Å². The van der Waals surface area contributed by atoms with Gasteiger partial charge in [-0.05, 0) is 132 Å². The summed E-state index contributed by atoms with van der Waals surface area (Å²) in [6, 6.07) is 49.1. The Kier molecular flexibility index (Phi) is 7.04. The van der Waals surface area contributed by atoms with Crippen LogP contribution in [0, 0.1) is 41.5 Å². The highest BCUT2D eigenvalue weighted by atomic mass is 16.5. The number of benzene rings is 8. The maximum atomic E-state index is 7.08. The first-order valence-corrected chi connectivity index (χ1v) is 19.6. The third-order valence-electron chi connectivity index (χ3n) is 12.2. The highest BCUT2D eigenvalue weighted by Crippen LogP contribution is 2.43. The topological polar surface area (TPSA) is 23.4 Å². The summed E-state index contributed by atoms with van der Waals surface area (Å²) in [6.45, 7) is 13.1. The van der Waals surface area contributed by atoms with Crippen LogP contribution < -0.4 is 25.9 Å². The third kappa shape index (κ3) is 4.78. The Hall–Kier alpha value is -6.52. The highest BCUT2D eigenvalue weighted by Gasteiger charge is 2.41. The van der Waals surface area contributed by atoms with Gasteiger partial charge in [0.05, 0.1) is 16.7 Å². The average Bonchev–Trinajstić information content (AvgIpc) is 3.51. The van der Waals surface area contributed by atoms with Gasteiger partial charge in [0.1, 0.15) is 23.0 Å². The minimum Gasteiger partial charge on any atom is -0.458 e. The predicted molar refractivity (Wildman–Crippen MR) is 235 cm³/mol. The second kappa shape index (κ2) is 12.0. The molecule has 1 aromatic heterocycles. The van der Waals surface area contributed by atoms with Crippen molar-refractivity contribution in [3.63, 3.8) is 0 Å². The lowest BCUT2D eigenvalue weighted by atomic mass is 9.34. The zero-order chi connectivity index (χ0) is 38.0. The average molecular weight is 722 g/mol. The standard InChI is InChI=1S/C52H40BNO2/c1-29-21-31(3)49(32(4)22-29)36-15-18-41-45(25-36)55-47-27-38(54-43-14-10-9-13-40(43)51-39-12-8-7-11-35(39)17-20-44(51)54)28-48-52(47)53(41)42-19-16-37(26-46(42)56-48)50-33(5)23-30(2)24-34(50)6/h7-28H,1-6H3. The number of aromatic nitrogens is 1. The molecule has 0 aliphatic carbocycles. The van der Waals surface area contributed by atoms with Gasteiger partial charge in [-0.15, -0.1) is 0 Å². The van der Waals surface area contributed by atoms with E-state index in [2.05, 4.69) is 180 Å². The summed E-state index contributed by atoms with van der Waals surface area (Å²) in [5.74, 6) is 3.43. The van der Waals surface area contributed by atoms with Gasteiger partial charge in [0.2, 0.25) is 0 Å². The molecule has 11 rings (SSSR count). The van der Waals surface area contributed by atoms with Gasteiger partial charge < -0.3 is 14.0 Å². The smallest absolute Gasteiger partial charge is 0.260 e. The van der Waals surface area contributed by atoms with Crippen LogP contribution in [0.5, 0.6) is 23.0 Å². The maximum Gasteiger partial charge on any atom is 0.260 e. The van der Waals surface area contributed by atoms with Crippen LogP contribution >= 0.6 is 0 Å². The van der Waals surface area contributed by atoms with Crippen molar-refractivity contribution >= 4 is 55.7 Å². The van der Waals surface area contributed by atoms with Crippen molar-refractivity contribution in [2.45, 2.75) is 41.5 Å². The number of rotatable bonds is 3.